The number of aryl methyl sites for hydroxylation is 1. The number of nitrogens with zero attached hydrogens (tertiary/aromatic N) is 5. The lowest BCUT2D eigenvalue weighted by Crippen LogP contribution is -2.09. The van der Waals surface area contributed by atoms with Crippen molar-refractivity contribution in [2.24, 2.45) is 0 Å². The third kappa shape index (κ3) is 3.82. The van der Waals surface area contributed by atoms with Gasteiger partial charge in [0.05, 0.1) is 24.0 Å². The molecular weight excluding hydrogens is 274 g/mol. The molecule has 20 heavy (non-hydrogen) atoms. The Kier molecular flexibility index (Phi) is 5.59. The van der Waals surface area contributed by atoms with Crippen LogP contribution in [0.3, 0.4) is 0 Å². The molecular formula is C14H22ClN5. The SMILES string of the molecule is CCC(CC)n1ccc(Cn2cc(CCCCl)nn2)n1. The van der Waals surface area contributed by atoms with Crippen molar-refractivity contribution in [1.29, 1.82) is 0 Å². The third-order valence-corrected chi connectivity index (χ3v) is 3.72. The summed E-state index contributed by atoms with van der Waals surface area (Å²) in [6, 6.07) is 2.54. The van der Waals surface area contributed by atoms with Crippen LogP contribution >= 0.6 is 11.6 Å². The zero-order chi connectivity index (χ0) is 14.4. The van der Waals surface area contributed by atoms with Crippen LogP contribution in [0.15, 0.2) is 18.5 Å². The van der Waals surface area contributed by atoms with E-state index in [-0.39, 0.29) is 0 Å². The monoisotopic (exact) mass is 295 g/mol. The van der Waals surface area contributed by atoms with E-state index in [0.717, 1.165) is 37.1 Å². The summed E-state index contributed by atoms with van der Waals surface area (Å²) in [5, 5.41) is 12.9. The third-order valence-electron chi connectivity index (χ3n) is 3.46. The minimum Gasteiger partial charge on any atom is -0.269 e. The second-order valence-electron chi connectivity index (χ2n) is 4.96. The van der Waals surface area contributed by atoms with E-state index < -0.39 is 0 Å². The summed E-state index contributed by atoms with van der Waals surface area (Å²) in [5.74, 6) is 0.659. The standard InChI is InChI=1S/C14H22ClN5/c1-3-14(4-2)20-9-7-13(17-20)11-19-10-12(16-18-19)6-5-8-15/h7,9-10,14H,3-6,8,11H2,1-2H3. The summed E-state index contributed by atoms with van der Waals surface area (Å²) < 4.78 is 3.89. The van der Waals surface area contributed by atoms with Crippen molar-refractivity contribution in [3.8, 4) is 0 Å². The molecule has 0 saturated carbocycles. The van der Waals surface area contributed by atoms with E-state index in [4.69, 9.17) is 11.6 Å². The van der Waals surface area contributed by atoms with E-state index in [1.54, 1.807) is 0 Å². The van der Waals surface area contributed by atoms with Crippen LogP contribution in [-0.2, 0) is 13.0 Å². The van der Waals surface area contributed by atoms with Gasteiger partial charge < -0.3 is 0 Å². The van der Waals surface area contributed by atoms with Gasteiger partial charge in [0, 0.05) is 18.3 Å². The minimum atomic E-state index is 0.485. The van der Waals surface area contributed by atoms with Gasteiger partial charge in [-0.05, 0) is 31.7 Å². The predicted octanol–water partition coefficient (Wildman–Crippen LogP) is 3.06. The van der Waals surface area contributed by atoms with Crippen molar-refractivity contribution in [3.05, 3.63) is 29.8 Å². The Morgan fingerprint density at radius 3 is 2.75 bits per heavy atom. The number of alkyl halides is 1. The molecule has 0 N–H and O–H groups in total. The molecule has 0 amide bonds. The number of halogens is 1. The number of hydrogen-bond donors (Lipinski definition) is 0. The van der Waals surface area contributed by atoms with Gasteiger partial charge in [-0.2, -0.15) is 5.10 Å². The van der Waals surface area contributed by atoms with E-state index in [0.29, 0.717) is 18.5 Å². The second-order valence-corrected chi connectivity index (χ2v) is 5.34. The van der Waals surface area contributed by atoms with E-state index in [9.17, 15) is 0 Å². The van der Waals surface area contributed by atoms with Crippen LogP contribution in [0.25, 0.3) is 0 Å². The first-order valence-electron chi connectivity index (χ1n) is 7.25. The summed E-state index contributed by atoms with van der Waals surface area (Å²) in [5.41, 5.74) is 2.01. The highest BCUT2D eigenvalue weighted by Gasteiger charge is 2.09. The fraction of sp³-hybridized carbons (Fsp3) is 0.643. The van der Waals surface area contributed by atoms with Crippen molar-refractivity contribution in [2.75, 3.05) is 5.88 Å². The lowest BCUT2D eigenvalue weighted by molar-refractivity contribution is 0.423. The van der Waals surface area contributed by atoms with Gasteiger partial charge in [-0.3, -0.25) is 4.68 Å². The van der Waals surface area contributed by atoms with Crippen LogP contribution in [0.5, 0.6) is 0 Å². The Labute approximate surface area is 124 Å². The van der Waals surface area contributed by atoms with Crippen molar-refractivity contribution in [1.82, 2.24) is 24.8 Å². The van der Waals surface area contributed by atoms with Gasteiger partial charge >= 0.3 is 0 Å². The molecule has 0 atom stereocenters. The molecule has 2 heterocycles. The Bertz CT molecular complexity index is 515. The number of aromatic nitrogens is 5. The van der Waals surface area contributed by atoms with Crippen LogP contribution in [0.1, 0.15) is 50.5 Å². The molecule has 0 aliphatic heterocycles. The van der Waals surface area contributed by atoms with Crippen molar-refractivity contribution in [2.45, 2.75) is 52.1 Å². The lowest BCUT2D eigenvalue weighted by Gasteiger charge is -2.12. The first-order valence-corrected chi connectivity index (χ1v) is 7.79. The highest BCUT2D eigenvalue weighted by Crippen LogP contribution is 2.14. The quantitative estimate of drug-likeness (QED) is 0.703. The average molecular weight is 296 g/mol. The minimum absolute atomic E-state index is 0.485. The Balaban J connectivity index is 1.97. The maximum atomic E-state index is 5.68. The Morgan fingerprint density at radius 2 is 2.05 bits per heavy atom. The van der Waals surface area contributed by atoms with E-state index >= 15 is 0 Å². The van der Waals surface area contributed by atoms with Crippen LogP contribution in [0.2, 0.25) is 0 Å². The lowest BCUT2D eigenvalue weighted by atomic mass is 10.2. The predicted molar refractivity (Wildman–Crippen MR) is 80.0 cm³/mol. The number of rotatable bonds is 8. The highest BCUT2D eigenvalue weighted by atomic mass is 35.5. The van der Waals surface area contributed by atoms with E-state index in [1.807, 2.05) is 10.9 Å². The van der Waals surface area contributed by atoms with Crippen LogP contribution in [-0.4, -0.2) is 30.7 Å². The summed E-state index contributed by atoms with van der Waals surface area (Å²) in [7, 11) is 0. The van der Waals surface area contributed by atoms with Crippen molar-refractivity contribution >= 4 is 11.6 Å². The maximum Gasteiger partial charge on any atom is 0.0867 e. The van der Waals surface area contributed by atoms with Gasteiger partial charge in [0.25, 0.3) is 0 Å². The molecule has 0 radical (unpaired) electrons. The van der Waals surface area contributed by atoms with Gasteiger partial charge in [0.15, 0.2) is 0 Å². The average Bonchev–Trinajstić information content (AvgIpc) is 3.08. The highest BCUT2D eigenvalue weighted by molar-refractivity contribution is 6.17. The molecule has 0 saturated heterocycles. The summed E-state index contributed by atoms with van der Waals surface area (Å²) >= 11 is 5.68. The second kappa shape index (κ2) is 7.43. The van der Waals surface area contributed by atoms with Gasteiger partial charge in [0.1, 0.15) is 0 Å². The normalized spacial score (nSPS) is 11.4. The molecule has 110 valence electrons. The van der Waals surface area contributed by atoms with Gasteiger partial charge in [0.2, 0.25) is 0 Å². The molecule has 0 bridgehead atoms. The molecule has 2 rings (SSSR count). The molecule has 2 aromatic heterocycles. The van der Waals surface area contributed by atoms with Crippen LogP contribution < -0.4 is 0 Å². The molecule has 0 aliphatic carbocycles. The van der Waals surface area contributed by atoms with E-state index in [1.165, 1.54) is 0 Å². The molecule has 0 spiro atoms. The smallest absolute Gasteiger partial charge is 0.0867 e. The molecule has 6 heteroatoms. The molecule has 0 unspecified atom stereocenters. The van der Waals surface area contributed by atoms with E-state index in [2.05, 4.69) is 46.2 Å². The van der Waals surface area contributed by atoms with Crippen molar-refractivity contribution in [3.63, 3.8) is 0 Å². The Hall–Kier alpha value is -1.36. The molecule has 0 fully saturated rings. The zero-order valence-corrected chi connectivity index (χ0v) is 12.9. The topological polar surface area (TPSA) is 48.5 Å². The molecule has 0 aliphatic rings. The summed E-state index contributed by atoms with van der Waals surface area (Å²) in [6.45, 7) is 5.05. The summed E-state index contributed by atoms with van der Waals surface area (Å²) in [4.78, 5) is 0. The van der Waals surface area contributed by atoms with Crippen LogP contribution in [0, 0.1) is 0 Å². The molecule has 0 aromatic carbocycles. The van der Waals surface area contributed by atoms with Crippen molar-refractivity contribution < 1.29 is 0 Å². The zero-order valence-electron chi connectivity index (χ0n) is 12.2. The fourth-order valence-corrected chi connectivity index (χ4v) is 2.41. The largest absolute Gasteiger partial charge is 0.269 e. The first-order chi connectivity index (χ1) is 9.76. The fourth-order valence-electron chi connectivity index (χ4n) is 2.27. The Morgan fingerprint density at radius 1 is 1.25 bits per heavy atom. The maximum absolute atomic E-state index is 5.68. The first kappa shape index (κ1) is 15.0. The number of hydrogen-bond acceptors (Lipinski definition) is 3. The van der Waals surface area contributed by atoms with Gasteiger partial charge in [-0.1, -0.05) is 19.1 Å². The molecule has 2 aromatic rings. The molecule has 5 nitrogen and oxygen atoms in total. The van der Waals surface area contributed by atoms with Gasteiger partial charge in [-0.15, -0.1) is 16.7 Å². The van der Waals surface area contributed by atoms with Gasteiger partial charge in [-0.25, -0.2) is 4.68 Å². The summed E-state index contributed by atoms with van der Waals surface area (Å²) in [6.07, 6.45) is 8.04. The van der Waals surface area contributed by atoms with Crippen LogP contribution in [0.4, 0.5) is 0 Å².